The predicted molar refractivity (Wildman–Crippen MR) is 150 cm³/mol. The van der Waals surface area contributed by atoms with Crippen LogP contribution < -0.4 is 5.73 Å². The molecule has 4 aliphatic carbocycles. The van der Waals surface area contributed by atoms with Crippen LogP contribution >= 0.6 is 0 Å². The van der Waals surface area contributed by atoms with Crippen LogP contribution in [0.3, 0.4) is 0 Å². The van der Waals surface area contributed by atoms with Gasteiger partial charge in [-0.3, -0.25) is 4.79 Å². The molecule has 36 heavy (non-hydrogen) atoms. The van der Waals surface area contributed by atoms with Crippen molar-refractivity contribution in [3.05, 3.63) is 11.6 Å². The molecule has 2 N–H and O–H groups in total. The number of carbonyl (C=O) groups is 1. The van der Waals surface area contributed by atoms with E-state index in [9.17, 15) is 4.79 Å². The van der Waals surface area contributed by atoms with E-state index in [1.165, 1.54) is 64.2 Å². The molecule has 0 amide bonds. The Morgan fingerprint density at radius 1 is 1.00 bits per heavy atom. The number of ether oxygens (including phenoxy) is 1. The van der Waals surface area contributed by atoms with Crippen molar-refractivity contribution < 1.29 is 9.53 Å². The summed E-state index contributed by atoms with van der Waals surface area (Å²) in [5.74, 6) is 4.43. The van der Waals surface area contributed by atoms with E-state index in [1.54, 1.807) is 5.57 Å². The maximum absolute atomic E-state index is 12.7. The molecule has 4 rings (SSSR count). The van der Waals surface area contributed by atoms with Crippen LogP contribution in [0.5, 0.6) is 0 Å². The molecule has 0 bridgehead atoms. The van der Waals surface area contributed by atoms with Crippen molar-refractivity contribution in [2.45, 2.75) is 137 Å². The summed E-state index contributed by atoms with van der Waals surface area (Å²) in [7, 11) is 0. The highest BCUT2D eigenvalue weighted by atomic mass is 16.5. The van der Waals surface area contributed by atoms with Gasteiger partial charge in [-0.05, 0) is 111 Å². The van der Waals surface area contributed by atoms with Gasteiger partial charge < -0.3 is 10.5 Å². The highest BCUT2D eigenvalue weighted by Crippen LogP contribution is 2.66. The standard InChI is InChI=1S/C33H57NO2/c1-23(2)10-6-7-12-25-14-16-29-28-15-13-26-22-27(36-31(35)24(3)11-8-9-21-34)17-19-33(26,5)30(28)18-20-32(25,29)4/h13,23-25,27-30H,6-12,14-22,34H2,1-5H3. The largest absolute Gasteiger partial charge is 0.462 e. The lowest BCUT2D eigenvalue weighted by atomic mass is 9.47. The number of hydrogen-bond acceptors (Lipinski definition) is 3. The van der Waals surface area contributed by atoms with E-state index in [1.807, 2.05) is 6.92 Å². The SMILES string of the molecule is CC(C)CCCCC1CCC2C3CC=C4CC(OC(=O)C(C)CCCCN)CCC4(C)C3CCC12C. The second-order valence-electron chi connectivity index (χ2n) is 14.2. The van der Waals surface area contributed by atoms with Gasteiger partial charge in [-0.25, -0.2) is 0 Å². The van der Waals surface area contributed by atoms with Gasteiger partial charge in [-0.1, -0.05) is 72.0 Å². The number of allylic oxidation sites excluding steroid dienone is 1. The maximum atomic E-state index is 12.7. The van der Waals surface area contributed by atoms with Crippen molar-refractivity contribution in [2.75, 3.05) is 6.54 Å². The molecule has 0 aromatic carbocycles. The number of unbranched alkanes of at least 4 members (excludes halogenated alkanes) is 2. The van der Waals surface area contributed by atoms with Crippen LogP contribution in [-0.2, 0) is 9.53 Å². The van der Waals surface area contributed by atoms with Crippen LogP contribution in [0.2, 0.25) is 0 Å². The Bertz CT molecular complexity index is 774. The first kappa shape index (κ1) is 28.2. The van der Waals surface area contributed by atoms with Crippen molar-refractivity contribution in [2.24, 2.45) is 52.1 Å². The quantitative estimate of drug-likeness (QED) is 0.176. The zero-order valence-corrected chi connectivity index (χ0v) is 24.3. The molecule has 0 aromatic heterocycles. The third kappa shape index (κ3) is 5.76. The Balaban J connectivity index is 1.35. The van der Waals surface area contributed by atoms with E-state index < -0.39 is 0 Å². The molecule has 0 aliphatic heterocycles. The molecule has 0 radical (unpaired) electrons. The summed E-state index contributed by atoms with van der Waals surface area (Å²) in [6.07, 6.45) is 21.6. The van der Waals surface area contributed by atoms with Gasteiger partial charge in [0.15, 0.2) is 0 Å². The normalized spacial score (nSPS) is 38.6. The lowest BCUT2D eigenvalue weighted by Crippen LogP contribution is -2.50. The maximum Gasteiger partial charge on any atom is 0.308 e. The fourth-order valence-electron chi connectivity index (χ4n) is 9.25. The van der Waals surface area contributed by atoms with Crippen LogP contribution in [0.1, 0.15) is 131 Å². The minimum Gasteiger partial charge on any atom is -0.462 e. The molecule has 206 valence electrons. The molecule has 3 saturated carbocycles. The van der Waals surface area contributed by atoms with Crippen molar-refractivity contribution in [3.63, 3.8) is 0 Å². The predicted octanol–water partition coefficient (Wildman–Crippen LogP) is 8.46. The van der Waals surface area contributed by atoms with Crippen LogP contribution in [0.4, 0.5) is 0 Å². The Morgan fingerprint density at radius 3 is 2.53 bits per heavy atom. The average molecular weight is 500 g/mol. The minimum atomic E-state index is -0.00807. The topological polar surface area (TPSA) is 52.3 Å². The minimum absolute atomic E-state index is 0.00807. The second kappa shape index (κ2) is 11.9. The number of fused-ring (bicyclic) bond motifs is 5. The zero-order chi connectivity index (χ0) is 25.9. The molecular weight excluding hydrogens is 442 g/mol. The second-order valence-corrected chi connectivity index (χ2v) is 14.2. The Hall–Kier alpha value is -0.830. The molecule has 0 aromatic rings. The summed E-state index contributed by atoms with van der Waals surface area (Å²) in [6, 6.07) is 0. The summed E-state index contributed by atoms with van der Waals surface area (Å²) in [5, 5.41) is 0. The molecule has 3 nitrogen and oxygen atoms in total. The first-order chi connectivity index (χ1) is 17.2. The highest BCUT2D eigenvalue weighted by Gasteiger charge is 2.58. The number of rotatable bonds is 11. The van der Waals surface area contributed by atoms with Gasteiger partial charge in [0, 0.05) is 6.42 Å². The van der Waals surface area contributed by atoms with Gasteiger partial charge in [0.05, 0.1) is 5.92 Å². The molecule has 8 unspecified atom stereocenters. The van der Waals surface area contributed by atoms with Crippen LogP contribution in [0, 0.1) is 46.3 Å². The molecular formula is C33H57NO2. The third-order valence-corrected chi connectivity index (χ3v) is 11.6. The van der Waals surface area contributed by atoms with E-state index in [4.69, 9.17) is 10.5 Å². The van der Waals surface area contributed by atoms with Crippen LogP contribution in [0.15, 0.2) is 11.6 Å². The Morgan fingerprint density at radius 2 is 1.78 bits per heavy atom. The summed E-state index contributed by atoms with van der Waals surface area (Å²) in [5.41, 5.74) is 8.14. The Labute approximate surface area is 222 Å². The molecule has 3 heteroatoms. The molecule has 0 saturated heterocycles. The van der Waals surface area contributed by atoms with E-state index in [-0.39, 0.29) is 18.0 Å². The molecule has 0 spiro atoms. The van der Waals surface area contributed by atoms with Crippen molar-refractivity contribution >= 4 is 5.97 Å². The van der Waals surface area contributed by atoms with E-state index in [0.29, 0.717) is 17.4 Å². The molecule has 0 heterocycles. The van der Waals surface area contributed by atoms with E-state index >= 15 is 0 Å². The van der Waals surface area contributed by atoms with Gasteiger partial charge in [-0.15, -0.1) is 0 Å². The average Bonchev–Trinajstić information content (AvgIpc) is 3.18. The number of hydrogen-bond donors (Lipinski definition) is 1. The number of nitrogens with two attached hydrogens (primary N) is 1. The van der Waals surface area contributed by atoms with Crippen LogP contribution in [-0.4, -0.2) is 18.6 Å². The molecule has 4 aliphatic rings. The Kier molecular flexibility index (Phi) is 9.33. The number of carbonyl (C=O) groups excluding carboxylic acids is 1. The van der Waals surface area contributed by atoms with E-state index in [0.717, 1.165) is 61.7 Å². The third-order valence-electron chi connectivity index (χ3n) is 11.6. The van der Waals surface area contributed by atoms with Gasteiger partial charge in [0.1, 0.15) is 6.10 Å². The fraction of sp³-hybridized carbons (Fsp3) is 0.909. The lowest BCUT2D eigenvalue weighted by molar-refractivity contribution is -0.156. The smallest absolute Gasteiger partial charge is 0.308 e. The van der Waals surface area contributed by atoms with Crippen molar-refractivity contribution in [1.29, 1.82) is 0 Å². The summed E-state index contributed by atoms with van der Waals surface area (Å²) in [6.45, 7) is 12.7. The first-order valence-electron chi connectivity index (χ1n) is 15.8. The van der Waals surface area contributed by atoms with Crippen LogP contribution in [0.25, 0.3) is 0 Å². The number of esters is 1. The summed E-state index contributed by atoms with van der Waals surface area (Å²) in [4.78, 5) is 12.7. The van der Waals surface area contributed by atoms with Gasteiger partial charge in [-0.2, -0.15) is 0 Å². The van der Waals surface area contributed by atoms with Gasteiger partial charge in [0.2, 0.25) is 0 Å². The monoisotopic (exact) mass is 499 g/mol. The highest BCUT2D eigenvalue weighted by molar-refractivity contribution is 5.72. The van der Waals surface area contributed by atoms with E-state index in [2.05, 4.69) is 33.8 Å². The fourth-order valence-corrected chi connectivity index (χ4v) is 9.25. The van der Waals surface area contributed by atoms with Crippen molar-refractivity contribution in [3.8, 4) is 0 Å². The summed E-state index contributed by atoms with van der Waals surface area (Å²) >= 11 is 0. The first-order valence-corrected chi connectivity index (χ1v) is 15.8. The summed E-state index contributed by atoms with van der Waals surface area (Å²) < 4.78 is 6.06. The van der Waals surface area contributed by atoms with Gasteiger partial charge in [0.25, 0.3) is 0 Å². The zero-order valence-electron chi connectivity index (χ0n) is 24.3. The molecule has 8 atom stereocenters. The lowest BCUT2D eigenvalue weighted by Gasteiger charge is -2.58. The molecule has 3 fully saturated rings. The van der Waals surface area contributed by atoms with Crippen molar-refractivity contribution in [1.82, 2.24) is 0 Å². The van der Waals surface area contributed by atoms with Gasteiger partial charge >= 0.3 is 5.97 Å².